The summed E-state index contributed by atoms with van der Waals surface area (Å²) < 4.78 is 0.878. The van der Waals surface area contributed by atoms with Crippen LogP contribution in [0.3, 0.4) is 0 Å². The van der Waals surface area contributed by atoms with Crippen LogP contribution in [0.5, 0.6) is 0 Å². The fourth-order valence-corrected chi connectivity index (χ4v) is 2.08. The number of carbonyl (C=O) groups is 1. The van der Waals surface area contributed by atoms with Gasteiger partial charge in [-0.25, -0.2) is 0 Å². The van der Waals surface area contributed by atoms with Gasteiger partial charge < -0.3 is 10.3 Å². The summed E-state index contributed by atoms with van der Waals surface area (Å²) in [6, 6.07) is 11.9. The molecule has 0 fully saturated rings. The van der Waals surface area contributed by atoms with Gasteiger partial charge in [-0.05, 0) is 33.5 Å². The van der Waals surface area contributed by atoms with E-state index in [-0.39, 0.29) is 5.91 Å². The summed E-state index contributed by atoms with van der Waals surface area (Å²) in [7, 11) is 0. The molecule has 1 amide bonds. The van der Waals surface area contributed by atoms with Crippen molar-refractivity contribution in [3.05, 3.63) is 58.3 Å². The van der Waals surface area contributed by atoms with E-state index in [2.05, 4.69) is 45.3 Å². The third-order valence-corrected chi connectivity index (χ3v) is 3.29. The zero-order valence-corrected chi connectivity index (χ0v) is 11.7. The van der Waals surface area contributed by atoms with Crippen LogP contribution in [0.1, 0.15) is 28.9 Å². The van der Waals surface area contributed by atoms with Crippen LogP contribution in [0.15, 0.2) is 47.1 Å². The molecule has 0 aliphatic heterocycles. The Hall–Kier alpha value is -1.55. The number of hydrogen-bond donors (Lipinski definition) is 2. The van der Waals surface area contributed by atoms with Crippen molar-refractivity contribution >= 4 is 21.8 Å². The minimum atomic E-state index is -0.0801. The van der Waals surface area contributed by atoms with Gasteiger partial charge in [-0.1, -0.05) is 37.3 Å². The Balaban J connectivity index is 1.90. The molecule has 0 aliphatic rings. The normalized spacial score (nSPS) is 12.1. The molecule has 1 heterocycles. The van der Waals surface area contributed by atoms with Crippen molar-refractivity contribution in [1.29, 1.82) is 0 Å². The Morgan fingerprint density at radius 1 is 1.39 bits per heavy atom. The van der Waals surface area contributed by atoms with E-state index in [1.54, 1.807) is 12.3 Å². The molecule has 4 heteroatoms. The molecule has 0 saturated carbocycles. The molecule has 1 atom stereocenters. The first kappa shape index (κ1) is 12.9. The topological polar surface area (TPSA) is 44.9 Å². The van der Waals surface area contributed by atoms with Crippen molar-refractivity contribution in [2.45, 2.75) is 12.8 Å². The highest BCUT2D eigenvalue weighted by Crippen LogP contribution is 2.14. The van der Waals surface area contributed by atoms with E-state index in [0.717, 1.165) is 4.47 Å². The molecule has 2 N–H and O–H groups in total. The third-order valence-electron chi connectivity index (χ3n) is 2.83. The maximum Gasteiger partial charge on any atom is 0.267 e. The predicted octanol–water partition coefficient (Wildman–Crippen LogP) is 3.31. The highest BCUT2D eigenvalue weighted by molar-refractivity contribution is 9.10. The van der Waals surface area contributed by atoms with Gasteiger partial charge in [-0.2, -0.15) is 0 Å². The van der Waals surface area contributed by atoms with Gasteiger partial charge in [-0.15, -0.1) is 0 Å². The number of aromatic amines is 1. The number of halogens is 1. The van der Waals surface area contributed by atoms with E-state index >= 15 is 0 Å². The summed E-state index contributed by atoms with van der Waals surface area (Å²) in [5, 5.41) is 2.92. The molecule has 2 rings (SSSR count). The monoisotopic (exact) mass is 306 g/mol. The lowest BCUT2D eigenvalue weighted by atomic mass is 10.0. The summed E-state index contributed by atoms with van der Waals surface area (Å²) in [4.78, 5) is 14.7. The number of nitrogens with one attached hydrogen (secondary N) is 2. The molecule has 0 radical (unpaired) electrons. The number of aromatic nitrogens is 1. The molecule has 0 saturated heterocycles. The van der Waals surface area contributed by atoms with Crippen LogP contribution in [0, 0.1) is 0 Å². The fourth-order valence-electron chi connectivity index (χ4n) is 1.74. The number of H-pyrrole nitrogens is 1. The van der Waals surface area contributed by atoms with Crippen LogP contribution in [0.25, 0.3) is 0 Å². The number of carbonyl (C=O) groups excluding carboxylic acids is 1. The second-order valence-corrected chi connectivity index (χ2v) is 5.17. The second-order valence-electron chi connectivity index (χ2n) is 4.25. The second kappa shape index (κ2) is 5.87. The first-order chi connectivity index (χ1) is 8.66. The summed E-state index contributed by atoms with van der Waals surface area (Å²) >= 11 is 3.31. The molecule has 3 nitrogen and oxygen atoms in total. The maximum atomic E-state index is 11.8. The van der Waals surface area contributed by atoms with E-state index < -0.39 is 0 Å². The third kappa shape index (κ3) is 3.23. The van der Waals surface area contributed by atoms with E-state index in [9.17, 15) is 4.79 Å². The molecule has 94 valence electrons. The largest absolute Gasteiger partial charge is 0.356 e. The summed E-state index contributed by atoms with van der Waals surface area (Å²) in [5.74, 6) is 0.219. The van der Waals surface area contributed by atoms with Gasteiger partial charge in [0, 0.05) is 17.2 Å². The smallest absolute Gasteiger partial charge is 0.267 e. The van der Waals surface area contributed by atoms with Crippen LogP contribution in [-0.2, 0) is 0 Å². The van der Waals surface area contributed by atoms with Crippen LogP contribution < -0.4 is 5.32 Å². The Morgan fingerprint density at radius 3 is 2.72 bits per heavy atom. The van der Waals surface area contributed by atoms with Crippen LogP contribution in [-0.4, -0.2) is 17.4 Å². The van der Waals surface area contributed by atoms with Gasteiger partial charge in [0.25, 0.3) is 5.91 Å². The molecule has 1 unspecified atom stereocenters. The van der Waals surface area contributed by atoms with Gasteiger partial charge in [0.15, 0.2) is 0 Å². The maximum absolute atomic E-state index is 11.8. The summed E-state index contributed by atoms with van der Waals surface area (Å²) in [5.41, 5.74) is 1.80. The molecule has 0 aliphatic carbocycles. The van der Waals surface area contributed by atoms with Crippen molar-refractivity contribution in [3.63, 3.8) is 0 Å². The Bertz CT molecular complexity index is 522. The zero-order chi connectivity index (χ0) is 13.0. The lowest BCUT2D eigenvalue weighted by Gasteiger charge is -2.12. The van der Waals surface area contributed by atoms with Gasteiger partial charge in [0.1, 0.15) is 5.69 Å². The van der Waals surface area contributed by atoms with Crippen molar-refractivity contribution < 1.29 is 4.79 Å². The number of rotatable bonds is 4. The Kier molecular flexibility index (Phi) is 4.20. The minimum absolute atomic E-state index is 0.0801. The first-order valence-corrected chi connectivity index (χ1v) is 6.63. The van der Waals surface area contributed by atoms with E-state index in [4.69, 9.17) is 0 Å². The quantitative estimate of drug-likeness (QED) is 0.894. The standard InChI is InChI=1S/C14H15BrN2O/c1-10(11-5-3-2-4-6-11)8-17-14(18)13-7-12(15)9-16-13/h2-7,9-10,16H,8H2,1H3,(H,17,18). The molecule has 1 aromatic heterocycles. The number of amides is 1. The lowest BCUT2D eigenvalue weighted by Crippen LogP contribution is -2.27. The highest BCUT2D eigenvalue weighted by atomic mass is 79.9. The summed E-state index contributed by atoms with van der Waals surface area (Å²) in [6.07, 6.45) is 1.75. The molecule has 1 aromatic carbocycles. The summed E-state index contributed by atoms with van der Waals surface area (Å²) in [6.45, 7) is 2.72. The highest BCUT2D eigenvalue weighted by Gasteiger charge is 2.10. The Labute approximate surface area is 115 Å². The molecule has 0 spiro atoms. The van der Waals surface area contributed by atoms with Crippen LogP contribution >= 0.6 is 15.9 Å². The van der Waals surface area contributed by atoms with Crippen LogP contribution in [0.2, 0.25) is 0 Å². The molecular weight excluding hydrogens is 292 g/mol. The minimum Gasteiger partial charge on any atom is -0.356 e. The van der Waals surface area contributed by atoms with Crippen molar-refractivity contribution in [2.75, 3.05) is 6.54 Å². The zero-order valence-electron chi connectivity index (χ0n) is 10.1. The van der Waals surface area contributed by atoms with Crippen molar-refractivity contribution in [3.8, 4) is 0 Å². The molecule has 18 heavy (non-hydrogen) atoms. The fraction of sp³-hybridized carbons (Fsp3) is 0.214. The van der Waals surface area contributed by atoms with Crippen molar-refractivity contribution in [1.82, 2.24) is 10.3 Å². The lowest BCUT2D eigenvalue weighted by molar-refractivity contribution is 0.0947. The van der Waals surface area contributed by atoms with Crippen LogP contribution in [0.4, 0.5) is 0 Å². The number of benzene rings is 1. The SMILES string of the molecule is CC(CNC(=O)c1cc(Br)c[nH]1)c1ccccc1. The van der Waals surface area contributed by atoms with E-state index in [1.165, 1.54) is 5.56 Å². The van der Waals surface area contributed by atoms with Crippen molar-refractivity contribution in [2.24, 2.45) is 0 Å². The molecular formula is C14H15BrN2O. The van der Waals surface area contributed by atoms with Gasteiger partial charge in [0.05, 0.1) is 0 Å². The average Bonchev–Trinajstić information content (AvgIpc) is 2.83. The van der Waals surface area contributed by atoms with Gasteiger partial charge >= 0.3 is 0 Å². The van der Waals surface area contributed by atoms with E-state index in [0.29, 0.717) is 18.2 Å². The predicted molar refractivity (Wildman–Crippen MR) is 75.7 cm³/mol. The average molecular weight is 307 g/mol. The van der Waals surface area contributed by atoms with Gasteiger partial charge in [-0.3, -0.25) is 4.79 Å². The molecule has 0 bridgehead atoms. The molecule has 2 aromatic rings. The van der Waals surface area contributed by atoms with E-state index in [1.807, 2.05) is 18.2 Å². The first-order valence-electron chi connectivity index (χ1n) is 5.84. The van der Waals surface area contributed by atoms with Gasteiger partial charge in [0.2, 0.25) is 0 Å². The number of hydrogen-bond acceptors (Lipinski definition) is 1. The Morgan fingerprint density at radius 2 is 2.11 bits per heavy atom.